The molecule has 0 radical (unpaired) electrons. The van der Waals surface area contributed by atoms with Crippen LogP contribution in [0.5, 0.6) is 11.5 Å². The first-order valence-electron chi connectivity index (χ1n) is 11.7. The fourth-order valence-electron chi connectivity index (χ4n) is 3.17. The SMILES string of the molecule is CC.CC(C)(c1ccc(OCC(O)CN(N)/C=C(\N)CO)cc1)c1ccc(OCC(O)CCl)c(Cl)c1. The summed E-state index contributed by atoms with van der Waals surface area (Å²) in [6.45, 7) is 8.05. The van der Waals surface area contributed by atoms with E-state index in [1.54, 1.807) is 6.07 Å². The molecule has 2 atom stereocenters. The predicted octanol–water partition coefficient (Wildman–Crippen LogP) is 3.38. The minimum Gasteiger partial charge on any atom is -0.491 e. The monoisotopic (exact) mass is 543 g/mol. The molecule has 2 aromatic carbocycles. The smallest absolute Gasteiger partial charge is 0.138 e. The van der Waals surface area contributed by atoms with Crippen molar-refractivity contribution in [1.82, 2.24) is 5.01 Å². The van der Waals surface area contributed by atoms with Crippen LogP contribution in [0.15, 0.2) is 54.4 Å². The standard InChI is InChI=1S/C24H33Cl2N3O5.C2H6/c1-24(2,17-5-8-23(22(26)9-17)34-14-19(31)10-25)16-3-6-21(7-4-16)33-15-20(32)12-29(28)11-18(27)13-30;1-2/h3-9,11,19-20,30-32H,10,12-15,27-28H2,1-2H3;1-2H3/b18-11-;. The molecular weight excluding hydrogens is 505 g/mol. The van der Waals surface area contributed by atoms with Crippen LogP contribution in [-0.2, 0) is 5.41 Å². The summed E-state index contributed by atoms with van der Waals surface area (Å²) in [6.07, 6.45) is -0.252. The number of aliphatic hydroxyl groups is 3. The molecule has 0 aromatic heterocycles. The molecule has 0 saturated carbocycles. The van der Waals surface area contributed by atoms with E-state index in [-0.39, 0.29) is 43.4 Å². The summed E-state index contributed by atoms with van der Waals surface area (Å²) in [5, 5.41) is 30.2. The van der Waals surface area contributed by atoms with Crippen LogP contribution >= 0.6 is 23.2 Å². The first-order valence-corrected chi connectivity index (χ1v) is 12.6. The molecule has 36 heavy (non-hydrogen) atoms. The molecule has 0 aliphatic rings. The van der Waals surface area contributed by atoms with Crippen molar-refractivity contribution >= 4 is 23.2 Å². The van der Waals surface area contributed by atoms with Gasteiger partial charge in [-0.3, -0.25) is 0 Å². The van der Waals surface area contributed by atoms with Gasteiger partial charge < -0.3 is 35.5 Å². The van der Waals surface area contributed by atoms with Gasteiger partial charge in [-0.2, -0.15) is 0 Å². The number of ether oxygens (including phenoxy) is 2. The number of hydrogen-bond donors (Lipinski definition) is 5. The van der Waals surface area contributed by atoms with Gasteiger partial charge in [0.05, 0.1) is 29.8 Å². The Bertz CT molecular complexity index is 942. The molecule has 2 aromatic rings. The van der Waals surface area contributed by atoms with Crippen molar-refractivity contribution in [2.24, 2.45) is 11.6 Å². The molecule has 202 valence electrons. The summed E-state index contributed by atoms with van der Waals surface area (Å²) in [7, 11) is 0. The Morgan fingerprint density at radius 3 is 2.17 bits per heavy atom. The number of benzene rings is 2. The molecule has 0 bridgehead atoms. The fraction of sp³-hybridized carbons (Fsp3) is 0.462. The number of nitrogens with two attached hydrogens (primary N) is 2. The van der Waals surface area contributed by atoms with Crippen molar-refractivity contribution in [3.63, 3.8) is 0 Å². The molecule has 2 rings (SSSR count). The van der Waals surface area contributed by atoms with Gasteiger partial charge in [0.2, 0.25) is 0 Å². The molecule has 0 saturated heterocycles. The number of nitrogens with zero attached hydrogens (tertiary/aromatic N) is 1. The number of aliphatic hydroxyl groups excluding tert-OH is 3. The Morgan fingerprint density at radius 1 is 1.03 bits per heavy atom. The highest BCUT2D eigenvalue weighted by molar-refractivity contribution is 6.32. The van der Waals surface area contributed by atoms with Crippen molar-refractivity contribution < 1.29 is 24.8 Å². The summed E-state index contributed by atoms with van der Waals surface area (Å²) in [5.41, 5.74) is 7.38. The quantitative estimate of drug-likeness (QED) is 0.147. The molecule has 0 heterocycles. The molecule has 0 fully saturated rings. The normalized spacial score (nSPS) is 13.3. The number of hydrazine groups is 1. The van der Waals surface area contributed by atoms with Crippen molar-refractivity contribution in [3.8, 4) is 11.5 Å². The van der Waals surface area contributed by atoms with Gasteiger partial charge in [0.25, 0.3) is 0 Å². The predicted molar refractivity (Wildman–Crippen MR) is 145 cm³/mol. The van der Waals surface area contributed by atoms with Crippen LogP contribution in [0.2, 0.25) is 5.02 Å². The summed E-state index contributed by atoms with van der Waals surface area (Å²) < 4.78 is 11.2. The van der Waals surface area contributed by atoms with Crippen LogP contribution in [-0.4, -0.2) is 64.8 Å². The van der Waals surface area contributed by atoms with Gasteiger partial charge in [0.1, 0.15) is 36.9 Å². The van der Waals surface area contributed by atoms with E-state index in [1.807, 2.05) is 50.2 Å². The van der Waals surface area contributed by atoms with E-state index >= 15 is 0 Å². The molecule has 0 aliphatic heterocycles. The van der Waals surface area contributed by atoms with Crippen molar-refractivity contribution in [2.45, 2.75) is 45.3 Å². The maximum Gasteiger partial charge on any atom is 0.138 e. The first-order chi connectivity index (χ1) is 17.1. The van der Waals surface area contributed by atoms with Crippen molar-refractivity contribution in [3.05, 3.63) is 70.5 Å². The van der Waals surface area contributed by atoms with Crippen LogP contribution in [0.3, 0.4) is 0 Å². The highest BCUT2D eigenvalue weighted by atomic mass is 35.5. The third-order valence-electron chi connectivity index (χ3n) is 5.22. The lowest BCUT2D eigenvalue weighted by Crippen LogP contribution is -2.37. The second-order valence-electron chi connectivity index (χ2n) is 8.44. The van der Waals surface area contributed by atoms with Crippen LogP contribution in [0.1, 0.15) is 38.8 Å². The topological polar surface area (TPSA) is 134 Å². The summed E-state index contributed by atoms with van der Waals surface area (Å²) in [4.78, 5) is 0. The second kappa shape index (κ2) is 15.8. The van der Waals surface area contributed by atoms with Crippen molar-refractivity contribution in [1.29, 1.82) is 0 Å². The van der Waals surface area contributed by atoms with Gasteiger partial charge in [-0.05, 0) is 35.4 Å². The van der Waals surface area contributed by atoms with Crippen LogP contribution in [0.4, 0.5) is 0 Å². The molecule has 0 amide bonds. The second-order valence-corrected chi connectivity index (χ2v) is 9.15. The number of alkyl halides is 1. The minimum atomic E-state index is -0.850. The van der Waals surface area contributed by atoms with E-state index in [2.05, 4.69) is 13.8 Å². The molecule has 2 unspecified atom stereocenters. The zero-order valence-electron chi connectivity index (χ0n) is 21.3. The van der Waals surface area contributed by atoms with E-state index in [9.17, 15) is 10.2 Å². The number of hydrogen-bond acceptors (Lipinski definition) is 8. The molecular formula is C26H39Cl2N3O5. The lowest BCUT2D eigenvalue weighted by atomic mass is 9.78. The maximum absolute atomic E-state index is 10.1. The van der Waals surface area contributed by atoms with E-state index < -0.39 is 12.2 Å². The van der Waals surface area contributed by atoms with Gasteiger partial charge in [-0.15, -0.1) is 11.6 Å². The summed E-state index contributed by atoms with van der Waals surface area (Å²) >= 11 is 12.0. The average Bonchev–Trinajstić information content (AvgIpc) is 2.87. The maximum atomic E-state index is 10.1. The highest BCUT2D eigenvalue weighted by Crippen LogP contribution is 2.36. The Labute approximate surface area is 224 Å². The zero-order valence-corrected chi connectivity index (χ0v) is 22.8. The average molecular weight is 545 g/mol. The third kappa shape index (κ3) is 10.0. The Kier molecular flexibility index (Phi) is 14.0. The molecule has 8 nitrogen and oxygen atoms in total. The van der Waals surface area contributed by atoms with E-state index in [0.29, 0.717) is 16.5 Å². The summed E-state index contributed by atoms with van der Waals surface area (Å²) in [6, 6.07) is 13.1. The van der Waals surface area contributed by atoms with Crippen LogP contribution in [0, 0.1) is 0 Å². The van der Waals surface area contributed by atoms with Gasteiger partial charge in [0, 0.05) is 11.6 Å². The number of halogens is 2. The Balaban J connectivity index is 0.00000316. The lowest BCUT2D eigenvalue weighted by molar-refractivity contribution is 0.0815. The molecule has 0 aliphatic carbocycles. The van der Waals surface area contributed by atoms with Crippen LogP contribution < -0.4 is 21.1 Å². The fourth-order valence-corrected chi connectivity index (χ4v) is 3.49. The molecule has 7 N–H and O–H groups in total. The highest BCUT2D eigenvalue weighted by Gasteiger charge is 2.24. The van der Waals surface area contributed by atoms with Gasteiger partial charge in [-0.1, -0.05) is 57.5 Å². The third-order valence-corrected chi connectivity index (χ3v) is 5.87. The number of rotatable bonds is 13. The Morgan fingerprint density at radius 2 is 1.61 bits per heavy atom. The summed E-state index contributed by atoms with van der Waals surface area (Å²) in [5.74, 6) is 6.89. The van der Waals surface area contributed by atoms with E-state index in [4.69, 9.17) is 49.4 Å². The zero-order chi connectivity index (χ0) is 27.3. The first kappa shape index (κ1) is 31.8. The Hall–Kier alpha value is -2.20. The van der Waals surface area contributed by atoms with Gasteiger partial charge >= 0.3 is 0 Å². The van der Waals surface area contributed by atoms with Crippen LogP contribution in [0.25, 0.3) is 0 Å². The molecule has 10 heteroatoms. The van der Waals surface area contributed by atoms with E-state index in [1.165, 1.54) is 11.2 Å². The lowest BCUT2D eigenvalue weighted by Gasteiger charge is -2.27. The van der Waals surface area contributed by atoms with Gasteiger partial charge in [-0.25, -0.2) is 5.84 Å². The van der Waals surface area contributed by atoms with Gasteiger partial charge in [0.15, 0.2) is 0 Å². The largest absolute Gasteiger partial charge is 0.491 e. The van der Waals surface area contributed by atoms with E-state index in [0.717, 1.165) is 11.1 Å². The van der Waals surface area contributed by atoms with Crippen molar-refractivity contribution in [2.75, 3.05) is 32.2 Å². The minimum absolute atomic E-state index is 0.0405. The molecule has 0 spiro atoms.